The van der Waals surface area contributed by atoms with E-state index in [1.807, 2.05) is 36.8 Å². The van der Waals surface area contributed by atoms with E-state index in [4.69, 9.17) is 0 Å². The molecule has 2 aromatic heterocycles. The topological polar surface area (TPSA) is 30.2 Å². The van der Waals surface area contributed by atoms with E-state index in [0.717, 1.165) is 5.69 Å². The number of hydrogen-bond donors (Lipinski definition) is 0. The first-order valence-corrected chi connectivity index (χ1v) is 6.90. The summed E-state index contributed by atoms with van der Waals surface area (Å²) >= 11 is 0. The molecule has 3 aromatic rings. The molecule has 0 amide bonds. The first-order valence-electron chi connectivity index (χ1n) is 6.90. The number of pyridine rings is 1. The van der Waals surface area contributed by atoms with Gasteiger partial charge in [0.2, 0.25) is 0 Å². The molecule has 0 aliphatic rings. The molecule has 0 fully saturated rings. The first-order chi connectivity index (χ1) is 10.3. The predicted molar refractivity (Wildman–Crippen MR) is 89.1 cm³/mol. The standard InChI is InChI=1S/C18H17N3/c1-14(5-9-19-2)16-4-3-15-8-12-21(18(15)13-16)17-6-10-20-11-7-17/h3-13H,1-2H3/b14-5+,19-9?. The van der Waals surface area contributed by atoms with Gasteiger partial charge in [-0.3, -0.25) is 9.98 Å². The molecule has 3 heteroatoms. The van der Waals surface area contributed by atoms with Crippen molar-refractivity contribution >= 4 is 22.7 Å². The molecule has 3 nitrogen and oxygen atoms in total. The summed E-state index contributed by atoms with van der Waals surface area (Å²) in [6.07, 6.45) is 9.57. The van der Waals surface area contributed by atoms with Gasteiger partial charge in [-0.25, -0.2) is 0 Å². The Morgan fingerprint density at radius 1 is 1.14 bits per heavy atom. The minimum Gasteiger partial charge on any atom is -0.316 e. The second-order valence-corrected chi connectivity index (χ2v) is 4.92. The Morgan fingerprint density at radius 2 is 1.95 bits per heavy atom. The van der Waals surface area contributed by atoms with Crippen LogP contribution in [0.5, 0.6) is 0 Å². The maximum Gasteiger partial charge on any atom is 0.0534 e. The molecule has 0 aliphatic carbocycles. The molecule has 0 spiro atoms. The average molecular weight is 275 g/mol. The van der Waals surface area contributed by atoms with Crippen LogP contribution in [0.2, 0.25) is 0 Å². The third kappa shape index (κ3) is 2.63. The second kappa shape index (κ2) is 5.75. The largest absolute Gasteiger partial charge is 0.316 e. The van der Waals surface area contributed by atoms with Crippen LogP contribution in [-0.2, 0) is 0 Å². The molecular weight excluding hydrogens is 258 g/mol. The molecular formula is C18H17N3. The van der Waals surface area contributed by atoms with Gasteiger partial charge in [0.15, 0.2) is 0 Å². The highest BCUT2D eigenvalue weighted by atomic mass is 15.0. The Balaban J connectivity index is 2.13. The summed E-state index contributed by atoms with van der Waals surface area (Å²) in [5, 5.41) is 1.23. The van der Waals surface area contributed by atoms with Gasteiger partial charge in [0.05, 0.1) is 5.52 Å². The number of allylic oxidation sites excluding steroid dienone is 2. The van der Waals surface area contributed by atoms with Crippen molar-refractivity contribution in [1.29, 1.82) is 0 Å². The molecule has 0 saturated heterocycles. The lowest BCUT2D eigenvalue weighted by Gasteiger charge is -2.07. The minimum absolute atomic E-state index is 1.12. The van der Waals surface area contributed by atoms with E-state index >= 15 is 0 Å². The second-order valence-electron chi connectivity index (χ2n) is 4.92. The lowest BCUT2D eigenvalue weighted by atomic mass is 10.1. The predicted octanol–water partition coefficient (Wildman–Crippen LogP) is 4.13. The van der Waals surface area contributed by atoms with Gasteiger partial charge in [-0.2, -0.15) is 0 Å². The Kier molecular flexibility index (Phi) is 3.65. The first kappa shape index (κ1) is 13.3. The molecule has 0 N–H and O–H groups in total. The fourth-order valence-corrected chi connectivity index (χ4v) is 2.39. The highest BCUT2D eigenvalue weighted by Crippen LogP contribution is 2.24. The highest BCUT2D eigenvalue weighted by molar-refractivity contribution is 5.89. The summed E-state index contributed by atoms with van der Waals surface area (Å²) in [7, 11) is 1.78. The number of aliphatic imine (C=N–C) groups is 1. The number of nitrogens with zero attached hydrogens (tertiary/aromatic N) is 3. The lowest BCUT2D eigenvalue weighted by molar-refractivity contribution is 1.11. The maximum atomic E-state index is 4.08. The Hall–Kier alpha value is -2.68. The monoisotopic (exact) mass is 275 g/mol. The summed E-state index contributed by atoms with van der Waals surface area (Å²) in [5.74, 6) is 0. The van der Waals surface area contributed by atoms with E-state index in [-0.39, 0.29) is 0 Å². The zero-order valence-electron chi connectivity index (χ0n) is 12.2. The van der Waals surface area contributed by atoms with E-state index in [1.165, 1.54) is 22.0 Å². The highest BCUT2D eigenvalue weighted by Gasteiger charge is 2.05. The third-order valence-electron chi connectivity index (χ3n) is 3.56. The van der Waals surface area contributed by atoms with Gasteiger partial charge in [-0.05, 0) is 53.8 Å². The molecule has 0 atom stereocenters. The Labute approximate surface area is 124 Å². The van der Waals surface area contributed by atoms with Gasteiger partial charge < -0.3 is 4.57 Å². The zero-order chi connectivity index (χ0) is 14.7. The van der Waals surface area contributed by atoms with Crippen LogP contribution < -0.4 is 0 Å². The Morgan fingerprint density at radius 3 is 2.71 bits per heavy atom. The lowest BCUT2D eigenvalue weighted by Crippen LogP contribution is -1.92. The Bertz CT molecular complexity index is 811. The van der Waals surface area contributed by atoms with Crippen LogP contribution in [0.25, 0.3) is 22.2 Å². The van der Waals surface area contributed by atoms with Crippen LogP contribution in [0.1, 0.15) is 12.5 Å². The van der Waals surface area contributed by atoms with Crippen molar-refractivity contribution in [2.24, 2.45) is 4.99 Å². The van der Waals surface area contributed by atoms with Gasteiger partial charge in [0, 0.05) is 37.5 Å². The molecule has 3 rings (SSSR count). The number of benzene rings is 1. The average Bonchev–Trinajstić information content (AvgIpc) is 2.96. The summed E-state index contributed by atoms with van der Waals surface area (Å²) < 4.78 is 2.18. The number of rotatable bonds is 3. The van der Waals surface area contributed by atoms with Crippen molar-refractivity contribution in [3.05, 3.63) is 66.6 Å². The molecule has 21 heavy (non-hydrogen) atoms. The van der Waals surface area contributed by atoms with Crippen LogP contribution >= 0.6 is 0 Å². The van der Waals surface area contributed by atoms with Crippen molar-refractivity contribution in [2.45, 2.75) is 6.92 Å². The molecule has 0 radical (unpaired) electrons. The summed E-state index contributed by atoms with van der Waals surface area (Å²) in [6, 6.07) is 12.7. The van der Waals surface area contributed by atoms with Crippen LogP contribution in [0.4, 0.5) is 0 Å². The van der Waals surface area contributed by atoms with Crippen molar-refractivity contribution in [3.63, 3.8) is 0 Å². The van der Waals surface area contributed by atoms with Crippen molar-refractivity contribution in [2.75, 3.05) is 7.05 Å². The molecule has 0 aliphatic heterocycles. The zero-order valence-corrected chi connectivity index (χ0v) is 12.2. The fraction of sp³-hybridized carbons (Fsp3) is 0.111. The van der Waals surface area contributed by atoms with Gasteiger partial charge in [-0.1, -0.05) is 12.1 Å². The third-order valence-corrected chi connectivity index (χ3v) is 3.56. The number of aromatic nitrogens is 2. The van der Waals surface area contributed by atoms with E-state index in [0.29, 0.717) is 0 Å². The van der Waals surface area contributed by atoms with E-state index < -0.39 is 0 Å². The van der Waals surface area contributed by atoms with E-state index in [2.05, 4.69) is 51.9 Å². The van der Waals surface area contributed by atoms with Crippen LogP contribution in [0.3, 0.4) is 0 Å². The number of hydrogen-bond acceptors (Lipinski definition) is 2. The molecule has 0 bridgehead atoms. The van der Waals surface area contributed by atoms with E-state index in [9.17, 15) is 0 Å². The smallest absolute Gasteiger partial charge is 0.0534 e. The van der Waals surface area contributed by atoms with Gasteiger partial charge in [-0.15, -0.1) is 0 Å². The normalized spacial score (nSPS) is 12.4. The van der Waals surface area contributed by atoms with Crippen molar-refractivity contribution in [1.82, 2.24) is 9.55 Å². The maximum absolute atomic E-state index is 4.08. The van der Waals surface area contributed by atoms with Gasteiger partial charge in [0.1, 0.15) is 0 Å². The summed E-state index contributed by atoms with van der Waals surface area (Å²) in [5.41, 5.74) is 4.72. The minimum atomic E-state index is 1.12. The van der Waals surface area contributed by atoms with Gasteiger partial charge >= 0.3 is 0 Å². The summed E-state index contributed by atoms with van der Waals surface area (Å²) in [4.78, 5) is 8.08. The van der Waals surface area contributed by atoms with Crippen molar-refractivity contribution < 1.29 is 0 Å². The van der Waals surface area contributed by atoms with E-state index in [1.54, 1.807) is 7.05 Å². The SMILES string of the molecule is CN=C/C=C(\C)c1ccc2ccn(-c3ccncc3)c2c1. The fourth-order valence-electron chi connectivity index (χ4n) is 2.39. The molecule has 0 unspecified atom stereocenters. The van der Waals surface area contributed by atoms with Crippen LogP contribution in [0.15, 0.2) is 66.1 Å². The van der Waals surface area contributed by atoms with Crippen molar-refractivity contribution in [3.8, 4) is 5.69 Å². The molecule has 104 valence electrons. The van der Waals surface area contributed by atoms with Crippen LogP contribution in [0, 0.1) is 0 Å². The van der Waals surface area contributed by atoms with Gasteiger partial charge in [0.25, 0.3) is 0 Å². The molecule has 0 saturated carbocycles. The summed E-state index contributed by atoms with van der Waals surface area (Å²) in [6.45, 7) is 2.10. The quantitative estimate of drug-likeness (QED) is 0.661. The van der Waals surface area contributed by atoms with Crippen LogP contribution in [-0.4, -0.2) is 22.8 Å². The molecule has 2 heterocycles. The number of fused-ring (bicyclic) bond motifs is 1. The molecule has 1 aromatic carbocycles.